The second kappa shape index (κ2) is 5.61. The minimum atomic E-state index is -0.289. The number of hydrogen-bond acceptors (Lipinski definition) is 4. The number of ether oxygens (including phenoxy) is 1. The highest BCUT2D eigenvalue weighted by Crippen LogP contribution is 2.28. The summed E-state index contributed by atoms with van der Waals surface area (Å²) >= 11 is 5.98. The summed E-state index contributed by atoms with van der Waals surface area (Å²) in [5.74, 6) is -0.392. The number of carbonyl (C=O) groups is 1. The van der Waals surface area contributed by atoms with Crippen LogP contribution in [0, 0.1) is 0 Å². The van der Waals surface area contributed by atoms with E-state index in [1.165, 1.54) is 13.4 Å². The molecule has 1 unspecified atom stereocenters. The molecule has 0 bridgehead atoms. The average molecular weight is 241 g/mol. The lowest BCUT2D eigenvalue weighted by molar-refractivity contribution is -0.140. The third kappa shape index (κ3) is 2.79. The molecule has 16 heavy (non-hydrogen) atoms. The van der Waals surface area contributed by atoms with Crippen molar-refractivity contribution in [3.05, 3.63) is 29.3 Å². The maximum atomic E-state index is 11.2. The summed E-state index contributed by atoms with van der Waals surface area (Å²) < 4.78 is 4.61. The number of nitrogens with zero attached hydrogens (tertiary/aromatic N) is 2. The van der Waals surface area contributed by atoms with Crippen LogP contribution >= 0.6 is 11.6 Å². The number of halogens is 1. The van der Waals surface area contributed by atoms with Crippen molar-refractivity contribution >= 4 is 23.6 Å². The number of aromatic nitrogens is 2. The number of rotatable bonds is 4. The Kier molecular flexibility index (Phi) is 4.43. The molecule has 0 radical (unpaired) electrons. The van der Waals surface area contributed by atoms with Gasteiger partial charge < -0.3 is 4.74 Å². The highest BCUT2D eigenvalue weighted by atomic mass is 35.5. The molecule has 0 fully saturated rings. The van der Waals surface area contributed by atoms with Crippen LogP contribution in [-0.2, 0) is 9.53 Å². The topological polar surface area (TPSA) is 52.1 Å². The third-order valence-corrected chi connectivity index (χ3v) is 2.55. The van der Waals surface area contributed by atoms with E-state index in [0.717, 1.165) is 5.56 Å². The molecule has 86 valence electrons. The van der Waals surface area contributed by atoms with E-state index in [1.807, 2.05) is 6.92 Å². The summed E-state index contributed by atoms with van der Waals surface area (Å²) in [6.45, 7) is 5.52. The molecule has 0 saturated heterocycles. The minimum absolute atomic E-state index is 0.103. The van der Waals surface area contributed by atoms with Crippen molar-refractivity contribution in [3.8, 4) is 0 Å². The molecule has 0 aliphatic heterocycles. The monoisotopic (exact) mass is 240 g/mol. The van der Waals surface area contributed by atoms with Gasteiger partial charge in [0.05, 0.1) is 19.2 Å². The Bertz CT molecular complexity index is 407. The predicted octanol–water partition coefficient (Wildman–Crippen LogP) is 2.44. The first-order valence-electron chi connectivity index (χ1n) is 4.79. The normalized spacial score (nSPS) is 11.9. The summed E-state index contributed by atoms with van der Waals surface area (Å²) in [4.78, 5) is 19.1. The van der Waals surface area contributed by atoms with E-state index in [1.54, 1.807) is 6.08 Å². The van der Waals surface area contributed by atoms with Gasteiger partial charge in [0.2, 0.25) is 0 Å². The molecule has 0 aliphatic carbocycles. The molecule has 5 heteroatoms. The standard InChI is InChI=1S/C11H13ClN2O2/c1-4-8-10(11(12)14-6-13-8)7(2)5-9(15)16-3/h4,6-7H,1,5H2,2-3H3. The van der Waals surface area contributed by atoms with E-state index in [-0.39, 0.29) is 18.3 Å². The van der Waals surface area contributed by atoms with Gasteiger partial charge in [0.1, 0.15) is 11.5 Å². The van der Waals surface area contributed by atoms with Crippen molar-refractivity contribution in [3.63, 3.8) is 0 Å². The molecule has 0 saturated carbocycles. The van der Waals surface area contributed by atoms with Crippen LogP contribution in [0.2, 0.25) is 5.15 Å². The summed E-state index contributed by atoms with van der Waals surface area (Å²) in [5.41, 5.74) is 1.38. The van der Waals surface area contributed by atoms with E-state index in [9.17, 15) is 4.79 Å². The zero-order valence-corrected chi connectivity index (χ0v) is 9.99. The van der Waals surface area contributed by atoms with Crippen LogP contribution in [0.15, 0.2) is 12.9 Å². The van der Waals surface area contributed by atoms with Crippen LogP contribution in [0.25, 0.3) is 6.08 Å². The molecule has 0 aliphatic rings. The van der Waals surface area contributed by atoms with Gasteiger partial charge in [-0.1, -0.05) is 25.1 Å². The Balaban J connectivity index is 3.02. The van der Waals surface area contributed by atoms with Crippen LogP contribution in [0.3, 0.4) is 0 Å². The lowest BCUT2D eigenvalue weighted by Gasteiger charge is -2.13. The van der Waals surface area contributed by atoms with E-state index < -0.39 is 0 Å². The minimum Gasteiger partial charge on any atom is -0.469 e. The van der Waals surface area contributed by atoms with Crippen LogP contribution < -0.4 is 0 Å². The van der Waals surface area contributed by atoms with Crippen molar-refractivity contribution in [2.45, 2.75) is 19.3 Å². The molecule has 1 rings (SSSR count). The number of esters is 1. The maximum absolute atomic E-state index is 11.2. The maximum Gasteiger partial charge on any atom is 0.306 e. The van der Waals surface area contributed by atoms with Crippen LogP contribution in [0.1, 0.15) is 30.5 Å². The third-order valence-electron chi connectivity index (χ3n) is 2.25. The summed E-state index contributed by atoms with van der Waals surface area (Å²) in [7, 11) is 1.35. The Labute approximate surface area is 99.3 Å². The van der Waals surface area contributed by atoms with Gasteiger partial charge in [-0.05, 0) is 12.0 Å². The Morgan fingerprint density at radius 3 is 2.94 bits per heavy atom. The molecular formula is C11H13ClN2O2. The van der Waals surface area contributed by atoms with Gasteiger partial charge in [-0.2, -0.15) is 0 Å². The summed E-state index contributed by atoms with van der Waals surface area (Å²) in [6.07, 6.45) is 3.20. The van der Waals surface area contributed by atoms with E-state index in [2.05, 4.69) is 21.3 Å². The Hall–Kier alpha value is -1.42. The molecule has 4 nitrogen and oxygen atoms in total. The molecule has 1 atom stereocenters. The van der Waals surface area contributed by atoms with Gasteiger partial charge in [-0.15, -0.1) is 0 Å². The molecule has 1 aromatic rings. The molecule has 0 aromatic carbocycles. The van der Waals surface area contributed by atoms with E-state index in [0.29, 0.717) is 10.8 Å². The van der Waals surface area contributed by atoms with E-state index in [4.69, 9.17) is 11.6 Å². The fraction of sp³-hybridized carbons (Fsp3) is 0.364. The van der Waals surface area contributed by atoms with Crippen molar-refractivity contribution in [2.24, 2.45) is 0 Å². The SMILES string of the molecule is C=Cc1ncnc(Cl)c1C(C)CC(=O)OC. The van der Waals surface area contributed by atoms with Crippen molar-refractivity contribution in [2.75, 3.05) is 7.11 Å². The summed E-state index contributed by atoms with van der Waals surface area (Å²) in [6, 6.07) is 0. The van der Waals surface area contributed by atoms with Crippen LogP contribution in [0.4, 0.5) is 0 Å². The molecule has 0 spiro atoms. The van der Waals surface area contributed by atoms with E-state index >= 15 is 0 Å². The molecule has 1 heterocycles. The van der Waals surface area contributed by atoms with Crippen molar-refractivity contribution < 1.29 is 9.53 Å². The fourth-order valence-corrected chi connectivity index (χ4v) is 1.77. The second-order valence-electron chi connectivity index (χ2n) is 3.35. The molecule has 0 amide bonds. The zero-order chi connectivity index (χ0) is 12.1. The molecular weight excluding hydrogens is 228 g/mol. The number of hydrogen-bond donors (Lipinski definition) is 0. The van der Waals surface area contributed by atoms with Gasteiger partial charge in [0.15, 0.2) is 0 Å². The van der Waals surface area contributed by atoms with Gasteiger partial charge in [-0.3, -0.25) is 4.79 Å². The fourth-order valence-electron chi connectivity index (χ4n) is 1.44. The highest BCUT2D eigenvalue weighted by molar-refractivity contribution is 6.30. The van der Waals surface area contributed by atoms with Crippen molar-refractivity contribution in [1.29, 1.82) is 0 Å². The van der Waals surface area contributed by atoms with Gasteiger partial charge in [0, 0.05) is 5.56 Å². The lowest BCUT2D eigenvalue weighted by Crippen LogP contribution is -2.09. The highest BCUT2D eigenvalue weighted by Gasteiger charge is 2.18. The van der Waals surface area contributed by atoms with Gasteiger partial charge >= 0.3 is 5.97 Å². The Morgan fingerprint density at radius 1 is 1.69 bits per heavy atom. The molecule has 1 aromatic heterocycles. The summed E-state index contributed by atoms with van der Waals surface area (Å²) in [5, 5.41) is 0.348. The molecule has 0 N–H and O–H groups in total. The number of carbonyl (C=O) groups excluding carboxylic acids is 1. The predicted molar refractivity (Wildman–Crippen MR) is 62.2 cm³/mol. The first-order valence-corrected chi connectivity index (χ1v) is 5.17. The van der Waals surface area contributed by atoms with Gasteiger partial charge in [-0.25, -0.2) is 9.97 Å². The quantitative estimate of drug-likeness (QED) is 0.599. The lowest BCUT2D eigenvalue weighted by atomic mass is 9.97. The first kappa shape index (κ1) is 12.6. The Morgan fingerprint density at radius 2 is 2.38 bits per heavy atom. The largest absolute Gasteiger partial charge is 0.469 e. The van der Waals surface area contributed by atoms with Gasteiger partial charge in [0.25, 0.3) is 0 Å². The van der Waals surface area contributed by atoms with Crippen LogP contribution in [-0.4, -0.2) is 23.0 Å². The van der Waals surface area contributed by atoms with Crippen molar-refractivity contribution in [1.82, 2.24) is 9.97 Å². The first-order chi connectivity index (χ1) is 7.60. The van der Waals surface area contributed by atoms with Crippen LogP contribution in [0.5, 0.6) is 0 Å². The number of methoxy groups -OCH3 is 1. The second-order valence-corrected chi connectivity index (χ2v) is 3.71. The average Bonchev–Trinajstić information content (AvgIpc) is 2.28. The zero-order valence-electron chi connectivity index (χ0n) is 9.24. The smallest absolute Gasteiger partial charge is 0.306 e.